The van der Waals surface area contributed by atoms with Crippen molar-refractivity contribution in [3.05, 3.63) is 28.2 Å². The third kappa shape index (κ3) is 7.16. The summed E-state index contributed by atoms with van der Waals surface area (Å²) < 4.78 is 40.5. The van der Waals surface area contributed by atoms with Crippen molar-refractivity contribution in [3.8, 4) is 5.75 Å². The molecule has 0 amide bonds. The van der Waals surface area contributed by atoms with Gasteiger partial charge in [-0.15, -0.1) is 0 Å². The molecule has 1 aromatic rings. The van der Waals surface area contributed by atoms with E-state index in [1.807, 2.05) is 5.48 Å². The fraction of sp³-hybridized carbons (Fsp3) is 0.455. The molecule has 0 aliphatic rings. The lowest BCUT2D eigenvalue weighted by atomic mass is 10.3. The Hall–Kier alpha value is -0.730. The minimum atomic E-state index is -4.43. The lowest BCUT2D eigenvalue weighted by Gasteiger charge is -2.14. The van der Waals surface area contributed by atoms with Gasteiger partial charge in [0, 0.05) is 11.1 Å². The first-order valence-electron chi connectivity index (χ1n) is 5.45. The summed E-state index contributed by atoms with van der Waals surface area (Å²) in [4.78, 5) is 4.13. The molecule has 1 unspecified atom stereocenters. The van der Waals surface area contributed by atoms with Crippen LogP contribution in [0, 0.1) is 0 Å². The second-order valence-electron chi connectivity index (χ2n) is 3.79. The van der Waals surface area contributed by atoms with E-state index >= 15 is 0 Å². The number of rotatable bonds is 7. The van der Waals surface area contributed by atoms with E-state index in [1.54, 1.807) is 6.07 Å². The predicted octanol–water partition coefficient (Wildman–Crippen LogP) is 2.82. The molecule has 0 spiro atoms. The van der Waals surface area contributed by atoms with E-state index in [4.69, 9.17) is 27.9 Å². The molecule has 0 saturated heterocycles. The zero-order chi connectivity index (χ0) is 15.2. The van der Waals surface area contributed by atoms with Crippen LogP contribution >= 0.6 is 23.2 Å². The maximum absolute atomic E-state index is 11.8. The molecule has 0 heterocycles. The zero-order valence-electron chi connectivity index (χ0n) is 10.1. The Labute approximate surface area is 123 Å². The van der Waals surface area contributed by atoms with Gasteiger partial charge < -0.3 is 9.84 Å². The Kier molecular flexibility index (Phi) is 6.84. The first kappa shape index (κ1) is 17.3. The van der Waals surface area contributed by atoms with E-state index in [0.29, 0.717) is 10.0 Å². The molecule has 0 bridgehead atoms. The number of hydroxylamine groups is 1. The number of halogens is 5. The van der Waals surface area contributed by atoms with Gasteiger partial charge in [-0.25, -0.2) is 0 Å². The molecule has 0 fully saturated rings. The fourth-order valence-corrected chi connectivity index (χ4v) is 1.45. The lowest BCUT2D eigenvalue weighted by molar-refractivity contribution is -0.191. The highest BCUT2D eigenvalue weighted by molar-refractivity contribution is 6.34. The van der Waals surface area contributed by atoms with Gasteiger partial charge in [0.15, 0.2) is 6.61 Å². The Morgan fingerprint density at radius 1 is 1.30 bits per heavy atom. The van der Waals surface area contributed by atoms with Crippen LogP contribution in [0.25, 0.3) is 0 Å². The van der Waals surface area contributed by atoms with Crippen molar-refractivity contribution < 1.29 is 27.9 Å². The van der Waals surface area contributed by atoms with Crippen LogP contribution in [0.1, 0.15) is 0 Å². The van der Waals surface area contributed by atoms with Crippen molar-refractivity contribution in [3.63, 3.8) is 0 Å². The van der Waals surface area contributed by atoms with Gasteiger partial charge in [-0.1, -0.05) is 23.2 Å². The third-order valence-corrected chi connectivity index (χ3v) is 2.53. The van der Waals surface area contributed by atoms with Crippen molar-refractivity contribution in [2.24, 2.45) is 0 Å². The monoisotopic (exact) mass is 333 g/mol. The molecule has 1 rings (SSSR count). The highest BCUT2D eigenvalue weighted by Crippen LogP contribution is 2.27. The molecular formula is C11H12Cl2F3NO3. The Balaban J connectivity index is 2.26. The van der Waals surface area contributed by atoms with Gasteiger partial charge in [0.1, 0.15) is 18.5 Å². The minimum absolute atomic E-state index is 0.178. The van der Waals surface area contributed by atoms with Crippen LogP contribution in [-0.4, -0.2) is 37.1 Å². The van der Waals surface area contributed by atoms with E-state index in [1.165, 1.54) is 12.1 Å². The summed E-state index contributed by atoms with van der Waals surface area (Å²) >= 11 is 11.6. The molecule has 1 atom stereocenters. The molecule has 2 N–H and O–H groups in total. The van der Waals surface area contributed by atoms with E-state index < -0.39 is 18.9 Å². The van der Waals surface area contributed by atoms with Gasteiger partial charge in [0.05, 0.1) is 11.6 Å². The van der Waals surface area contributed by atoms with Gasteiger partial charge in [-0.3, -0.25) is 4.84 Å². The van der Waals surface area contributed by atoms with E-state index in [2.05, 4.69) is 4.84 Å². The predicted molar refractivity (Wildman–Crippen MR) is 68.0 cm³/mol. The van der Waals surface area contributed by atoms with E-state index in [-0.39, 0.29) is 18.9 Å². The van der Waals surface area contributed by atoms with Crippen molar-refractivity contribution >= 4 is 23.2 Å². The third-order valence-electron chi connectivity index (χ3n) is 1.98. The average molecular weight is 334 g/mol. The lowest BCUT2D eigenvalue weighted by Crippen LogP contribution is -2.34. The van der Waals surface area contributed by atoms with Crippen LogP contribution in [0.15, 0.2) is 18.2 Å². The maximum Gasteiger partial charge on any atom is 0.413 e. The summed E-state index contributed by atoms with van der Waals surface area (Å²) in [7, 11) is 0. The van der Waals surface area contributed by atoms with Crippen LogP contribution < -0.4 is 10.2 Å². The highest BCUT2D eigenvalue weighted by atomic mass is 35.5. The number of hydrogen-bond donors (Lipinski definition) is 2. The molecule has 4 nitrogen and oxygen atoms in total. The topological polar surface area (TPSA) is 50.7 Å². The second kappa shape index (κ2) is 7.90. The fourth-order valence-electron chi connectivity index (χ4n) is 1.12. The standard InChI is InChI=1S/C11H12Cl2F3NO3/c12-7-1-2-9(13)10(3-7)19-5-8(18)4-17-20-6-11(14,15)16/h1-3,8,17-18H,4-6H2. The van der Waals surface area contributed by atoms with Crippen molar-refractivity contribution in [1.82, 2.24) is 5.48 Å². The first-order valence-corrected chi connectivity index (χ1v) is 6.21. The van der Waals surface area contributed by atoms with Gasteiger partial charge in [-0.05, 0) is 12.1 Å². The molecule has 0 saturated carbocycles. The Bertz CT molecular complexity index is 432. The molecular weight excluding hydrogens is 322 g/mol. The summed E-state index contributed by atoms with van der Waals surface area (Å²) in [5.74, 6) is 0.273. The van der Waals surface area contributed by atoms with Crippen LogP contribution in [0.5, 0.6) is 5.75 Å². The molecule has 0 aromatic heterocycles. The minimum Gasteiger partial charge on any atom is -0.489 e. The smallest absolute Gasteiger partial charge is 0.413 e. The van der Waals surface area contributed by atoms with Crippen LogP contribution in [0.4, 0.5) is 13.2 Å². The zero-order valence-corrected chi connectivity index (χ0v) is 11.6. The highest BCUT2D eigenvalue weighted by Gasteiger charge is 2.27. The number of aliphatic hydroxyl groups is 1. The van der Waals surface area contributed by atoms with Crippen molar-refractivity contribution in [1.29, 1.82) is 0 Å². The number of alkyl halides is 3. The Morgan fingerprint density at radius 3 is 2.65 bits per heavy atom. The van der Waals surface area contributed by atoms with Crippen LogP contribution in [-0.2, 0) is 4.84 Å². The van der Waals surface area contributed by atoms with Gasteiger partial charge in [-0.2, -0.15) is 18.7 Å². The van der Waals surface area contributed by atoms with Gasteiger partial charge in [0.25, 0.3) is 0 Å². The van der Waals surface area contributed by atoms with E-state index in [9.17, 15) is 18.3 Å². The van der Waals surface area contributed by atoms with Crippen molar-refractivity contribution in [2.45, 2.75) is 12.3 Å². The maximum atomic E-state index is 11.8. The van der Waals surface area contributed by atoms with Crippen molar-refractivity contribution in [2.75, 3.05) is 19.8 Å². The second-order valence-corrected chi connectivity index (χ2v) is 4.64. The number of aliphatic hydroxyl groups excluding tert-OH is 1. The molecule has 9 heteroatoms. The average Bonchev–Trinajstić information content (AvgIpc) is 2.34. The van der Waals surface area contributed by atoms with Gasteiger partial charge in [0.2, 0.25) is 0 Å². The van der Waals surface area contributed by atoms with Crippen LogP contribution in [0.2, 0.25) is 10.0 Å². The van der Waals surface area contributed by atoms with E-state index in [0.717, 1.165) is 0 Å². The summed E-state index contributed by atoms with van der Waals surface area (Å²) in [5.41, 5.74) is 1.99. The summed E-state index contributed by atoms with van der Waals surface area (Å²) in [6, 6.07) is 4.56. The molecule has 0 radical (unpaired) electrons. The number of benzene rings is 1. The molecule has 0 aliphatic heterocycles. The SMILES string of the molecule is OC(CNOCC(F)(F)F)COc1cc(Cl)ccc1Cl. The quantitative estimate of drug-likeness (QED) is 0.595. The largest absolute Gasteiger partial charge is 0.489 e. The normalized spacial score (nSPS) is 13.3. The molecule has 114 valence electrons. The molecule has 1 aromatic carbocycles. The summed E-state index contributed by atoms with van der Waals surface area (Å²) in [6.45, 7) is -1.85. The summed E-state index contributed by atoms with van der Waals surface area (Å²) in [5, 5.41) is 10.2. The number of nitrogens with one attached hydrogen (secondary N) is 1. The first-order chi connectivity index (χ1) is 9.28. The molecule has 0 aliphatic carbocycles. The number of hydrogen-bond acceptors (Lipinski definition) is 4. The van der Waals surface area contributed by atoms with Crippen LogP contribution in [0.3, 0.4) is 0 Å². The summed E-state index contributed by atoms with van der Waals surface area (Å²) in [6.07, 6.45) is -5.50. The van der Waals surface area contributed by atoms with Gasteiger partial charge >= 0.3 is 6.18 Å². The molecule has 20 heavy (non-hydrogen) atoms. The number of ether oxygens (including phenoxy) is 1. The Morgan fingerprint density at radius 2 is 2.00 bits per heavy atom.